The van der Waals surface area contributed by atoms with Crippen LogP contribution in [0.25, 0.3) is 5.69 Å². The van der Waals surface area contributed by atoms with Gasteiger partial charge in [0.2, 0.25) is 0 Å². The Labute approximate surface area is 105 Å². The molecule has 0 atom stereocenters. The van der Waals surface area contributed by atoms with Crippen molar-refractivity contribution in [1.29, 1.82) is 5.26 Å². The van der Waals surface area contributed by atoms with E-state index in [1.807, 2.05) is 0 Å². The number of benzene rings is 1. The summed E-state index contributed by atoms with van der Waals surface area (Å²) >= 11 is 0. The van der Waals surface area contributed by atoms with Crippen LogP contribution in [0.4, 0.5) is 13.2 Å². The van der Waals surface area contributed by atoms with Crippen molar-refractivity contribution in [2.24, 2.45) is 0 Å². The van der Waals surface area contributed by atoms with Crippen LogP contribution in [0.3, 0.4) is 0 Å². The lowest BCUT2D eigenvalue weighted by atomic mass is 10.1. The molecule has 0 N–H and O–H groups in total. The minimum absolute atomic E-state index is 0.109. The van der Waals surface area contributed by atoms with Gasteiger partial charge in [-0.1, -0.05) is 0 Å². The van der Waals surface area contributed by atoms with E-state index < -0.39 is 17.3 Å². The Morgan fingerprint density at radius 2 is 2.05 bits per heavy atom. The van der Waals surface area contributed by atoms with Gasteiger partial charge in [-0.05, 0) is 24.3 Å². The van der Waals surface area contributed by atoms with Crippen LogP contribution in [0.15, 0.2) is 30.5 Å². The van der Waals surface area contributed by atoms with Crippen LogP contribution in [0.2, 0.25) is 0 Å². The number of aromatic nitrogens is 2. The first-order chi connectivity index (χ1) is 8.95. The maximum atomic E-state index is 12.8. The Hall–Kier alpha value is -2.62. The summed E-state index contributed by atoms with van der Waals surface area (Å²) in [4.78, 5) is 10.5. The fourth-order valence-corrected chi connectivity index (χ4v) is 1.55. The van der Waals surface area contributed by atoms with E-state index in [1.54, 1.807) is 0 Å². The summed E-state index contributed by atoms with van der Waals surface area (Å²) in [6.07, 6.45) is -2.77. The number of alkyl halides is 3. The first-order valence-corrected chi connectivity index (χ1v) is 5.08. The second kappa shape index (κ2) is 4.57. The zero-order chi connectivity index (χ0) is 14.0. The molecule has 2 aromatic rings. The fourth-order valence-electron chi connectivity index (χ4n) is 1.55. The second-order valence-electron chi connectivity index (χ2n) is 3.64. The van der Waals surface area contributed by atoms with Crippen molar-refractivity contribution in [2.45, 2.75) is 6.18 Å². The highest BCUT2D eigenvalue weighted by Crippen LogP contribution is 2.33. The standard InChI is InChI=1S/C12H6F3N3O/c13-12(14,15)11-5-10(2-1-8(11)6-16)18-4-3-9(7-19)17-18/h1-5,7H. The lowest BCUT2D eigenvalue weighted by molar-refractivity contribution is -0.137. The van der Waals surface area contributed by atoms with Gasteiger partial charge in [0, 0.05) is 6.20 Å². The maximum absolute atomic E-state index is 12.8. The highest BCUT2D eigenvalue weighted by molar-refractivity contribution is 5.71. The minimum atomic E-state index is -4.62. The van der Waals surface area contributed by atoms with Gasteiger partial charge >= 0.3 is 6.18 Å². The molecule has 96 valence electrons. The number of halogens is 3. The van der Waals surface area contributed by atoms with Crippen molar-refractivity contribution < 1.29 is 18.0 Å². The van der Waals surface area contributed by atoms with Gasteiger partial charge in [0.1, 0.15) is 5.69 Å². The Morgan fingerprint density at radius 3 is 2.58 bits per heavy atom. The quantitative estimate of drug-likeness (QED) is 0.784. The van der Waals surface area contributed by atoms with Crippen molar-refractivity contribution in [3.8, 4) is 11.8 Å². The zero-order valence-corrected chi connectivity index (χ0v) is 9.35. The molecule has 7 heteroatoms. The molecular formula is C12H6F3N3O. The van der Waals surface area contributed by atoms with Crippen LogP contribution < -0.4 is 0 Å². The molecule has 0 amide bonds. The topological polar surface area (TPSA) is 58.7 Å². The fraction of sp³-hybridized carbons (Fsp3) is 0.0833. The molecule has 0 radical (unpaired) electrons. The molecule has 0 spiro atoms. The molecule has 2 rings (SSSR count). The zero-order valence-electron chi connectivity index (χ0n) is 9.35. The predicted molar refractivity (Wildman–Crippen MR) is 58.7 cm³/mol. The van der Waals surface area contributed by atoms with Gasteiger partial charge in [-0.2, -0.15) is 23.5 Å². The number of nitriles is 1. The first-order valence-electron chi connectivity index (χ1n) is 5.08. The summed E-state index contributed by atoms with van der Waals surface area (Å²) < 4.78 is 39.4. The summed E-state index contributed by atoms with van der Waals surface area (Å²) in [5, 5.41) is 12.4. The van der Waals surface area contributed by atoms with E-state index in [4.69, 9.17) is 5.26 Å². The van der Waals surface area contributed by atoms with Crippen molar-refractivity contribution in [2.75, 3.05) is 0 Å². The van der Waals surface area contributed by atoms with Crippen LogP contribution >= 0.6 is 0 Å². The van der Waals surface area contributed by atoms with Crippen LogP contribution in [0, 0.1) is 11.3 Å². The van der Waals surface area contributed by atoms with Crippen molar-refractivity contribution in [3.63, 3.8) is 0 Å². The number of hydrogen-bond donors (Lipinski definition) is 0. The van der Waals surface area contributed by atoms with E-state index >= 15 is 0 Å². The van der Waals surface area contributed by atoms with Crippen molar-refractivity contribution in [1.82, 2.24) is 9.78 Å². The molecule has 1 aromatic heterocycles. The predicted octanol–water partition coefficient (Wildman–Crippen LogP) is 2.58. The van der Waals surface area contributed by atoms with Gasteiger partial charge in [-0.3, -0.25) is 4.79 Å². The summed E-state index contributed by atoms with van der Waals surface area (Å²) in [5.74, 6) is 0. The number of nitrogens with zero attached hydrogens (tertiary/aromatic N) is 3. The Morgan fingerprint density at radius 1 is 1.32 bits per heavy atom. The molecule has 1 heterocycles. The average molecular weight is 265 g/mol. The Kier molecular flexibility index (Phi) is 3.09. The molecule has 0 bridgehead atoms. The lowest BCUT2D eigenvalue weighted by Gasteiger charge is -2.10. The normalized spacial score (nSPS) is 11.1. The molecule has 4 nitrogen and oxygen atoms in total. The SMILES string of the molecule is N#Cc1ccc(-n2ccc(C=O)n2)cc1C(F)(F)F. The maximum Gasteiger partial charge on any atom is 0.417 e. The van der Waals surface area contributed by atoms with Gasteiger partial charge in [0.15, 0.2) is 6.29 Å². The molecule has 0 saturated carbocycles. The number of carbonyl (C=O) groups excluding carboxylic acids is 1. The van der Waals surface area contributed by atoms with E-state index in [1.165, 1.54) is 24.4 Å². The lowest BCUT2D eigenvalue weighted by Crippen LogP contribution is -2.09. The van der Waals surface area contributed by atoms with Gasteiger partial charge in [0.25, 0.3) is 0 Å². The van der Waals surface area contributed by atoms with E-state index in [2.05, 4.69) is 5.10 Å². The number of carbonyl (C=O) groups is 1. The third-order valence-corrected chi connectivity index (χ3v) is 2.42. The summed E-state index contributed by atoms with van der Waals surface area (Å²) in [6.45, 7) is 0. The third-order valence-electron chi connectivity index (χ3n) is 2.42. The largest absolute Gasteiger partial charge is 0.417 e. The molecule has 0 unspecified atom stereocenters. The first kappa shape index (κ1) is 12.8. The molecule has 0 aliphatic rings. The molecule has 1 aromatic carbocycles. The number of aldehydes is 1. The van der Waals surface area contributed by atoms with Crippen LogP contribution in [-0.4, -0.2) is 16.1 Å². The average Bonchev–Trinajstić information content (AvgIpc) is 2.85. The number of rotatable bonds is 2. The van der Waals surface area contributed by atoms with Gasteiger partial charge in [-0.15, -0.1) is 0 Å². The monoisotopic (exact) mass is 265 g/mol. The molecule has 0 aliphatic carbocycles. The molecular weight excluding hydrogens is 259 g/mol. The number of hydrogen-bond acceptors (Lipinski definition) is 3. The Bertz CT molecular complexity index is 668. The summed E-state index contributed by atoms with van der Waals surface area (Å²) in [5.41, 5.74) is -1.26. The van der Waals surface area contributed by atoms with E-state index in [-0.39, 0.29) is 11.4 Å². The molecule has 0 aliphatic heterocycles. The van der Waals surface area contributed by atoms with Crippen LogP contribution in [0.1, 0.15) is 21.6 Å². The van der Waals surface area contributed by atoms with Gasteiger partial charge < -0.3 is 0 Å². The third kappa shape index (κ3) is 2.47. The highest BCUT2D eigenvalue weighted by Gasteiger charge is 2.34. The van der Waals surface area contributed by atoms with Crippen LogP contribution in [-0.2, 0) is 6.18 Å². The van der Waals surface area contributed by atoms with Crippen molar-refractivity contribution in [3.05, 3.63) is 47.3 Å². The minimum Gasteiger partial charge on any atom is -0.296 e. The highest BCUT2D eigenvalue weighted by atomic mass is 19.4. The van der Waals surface area contributed by atoms with Gasteiger partial charge in [0.05, 0.1) is 22.9 Å². The van der Waals surface area contributed by atoms with E-state index in [0.717, 1.165) is 16.8 Å². The molecule has 19 heavy (non-hydrogen) atoms. The van der Waals surface area contributed by atoms with E-state index in [9.17, 15) is 18.0 Å². The van der Waals surface area contributed by atoms with Crippen molar-refractivity contribution >= 4 is 6.29 Å². The Balaban J connectivity index is 2.55. The smallest absolute Gasteiger partial charge is 0.296 e. The summed E-state index contributed by atoms with van der Waals surface area (Å²) in [7, 11) is 0. The molecule has 0 saturated heterocycles. The molecule has 0 fully saturated rings. The second-order valence-corrected chi connectivity index (χ2v) is 3.64. The summed E-state index contributed by atoms with van der Waals surface area (Å²) in [6, 6.07) is 6.08. The van der Waals surface area contributed by atoms with Crippen LogP contribution in [0.5, 0.6) is 0 Å². The van der Waals surface area contributed by atoms with Gasteiger partial charge in [-0.25, -0.2) is 4.68 Å². The van der Waals surface area contributed by atoms with E-state index in [0.29, 0.717) is 6.29 Å².